The van der Waals surface area contributed by atoms with Crippen LogP contribution in [0.25, 0.3) is 11.4 Å². The summed E-state index contributed by atoms with van der Waals surface area (Å²) in [6.07, 6.45) is 8.39. The zero-order valence-corrected chi connectivity index (χ0v) is 15.8. The maximum absolute atomic E-state index is 12.7. The zero-order valence-electron chi connectivity index (χ0n) is 15.8. The maximum atomic E-state index is 12.7. The summed E-state index contributed by atoms with van der Waals surface area (Å²) in [5.74, 6) is 0. The van der Waals surface area contributed by atoms with Gasteiger partial charge in [-0.25, -0.2) is 9.78 Å². The van der Waals surface area contributed by atoms with E-state index in [0.29, 0.717) is 44.6 Å². The molecule has 146 valence electrons. The molecule has 8 heteroatoms. The molecule has 1 aliphatic carbocycles. The van der Waals surface area contributed by atoms with Crippen molar-refractivity contribution in [2.75, 3.05) is 19.8 Å². The van der Waals surface area contributed by atoms with Crippen LogP contribution in [0.3, 0.4) is 0 Å². The summed E-state index contributed by atoms with van der Waals surface area (Å²) >= 11 is 0. The molecule has 1 fully saturated rings. The molecule has 0 unspecified atom stereocenters. The van der Waals surface area contributed by atoms with E-state index in [-0.39, 0.29) is 6.03 Å². The second kappa shape index (κ2) is 8.12. The third-order valence-corrected chi connectivity index (χ3v) is 5.43. The van der Waals surface area contributed by atoms with Gasteiger partial charge >= 0.3 is 6.03 Å². The highest BCUT2D eigenvalue weighted by Gasteiger charge is 2.30. The first kappa shape index (κ1) is 18.0. The lowest BCUT2D eigenvalue weighted by Crippen LogP contribution is -2.46. The second-order valence-electron chi connectivity index (χ2n) is 7.17. The minimum atomic E-state index is 0.0284. The molecular formula is C19H27N5O3. The van der Waals surface area contributed by atoms with Crippen LogP contribution in [0.1, 0.15) is 43.9 Å². The van der Waals surface area contributed by atoms with Crippen LogP contribution in [0.2, 0.25) is 0 Å². The van der Waals surface area contributed by atoms with Crippen molar-refractivity contribution in [3.8, 4) is 11.4 Å². The number of nitrogens with zero attached hydrogens (tertiary/aromatic N) is 4. The Hall–Kier alpha value is -2.35. The molecule has 0 atom stereocenters. The van der Waals surface area contributed by atoms with Crippen LogP contribution < -0.4 is 5.32 Å². The summed E-state index contributed by atoms with van der Waals surface area (Å²) in [5.41, 5.74) is 3.74. The van der Waals surface area contributed by atoms with Crippen molar-refractivity contribution >= 4 is 6.03 Å². The molecular weight excluding hydrogens is 346 g/mol. The van der Waals surface area contributed by atoms with Gasteiger partial charge in [0.15, 0.2) is 6.39 Å². The molecule has 1 aliphatic heterocycles. The zero-order chi connectivity index (χ0) is 18.6. The van der Waals surface area contributed by atoms with Crippen molar-refractivity contribution in [2.24, 2.45) is 0 Å². The smallest absolute Gasteiger partial charge is 0.317 e. The van der Waals surface area contributed by atoms with Crippen LogP contribution in [0.15, 0.2) is 17.1 Å². The standard InChI is InChI=1S/C19H27N5O3/c1-2-26-10-9-24-17-7-8-23(19(25)21-14-5-3-4-6-14)11-15(17)18(22-24)16-12-27-13-20-16/h12-14H,2-11H2,1H3,(H,21,25). The Bertz CT molecular complexity index is 765. The van der Waals surface area contributed by atoms with E-state index in [1.807, 2.05) is 16.5 Å². The average Bonchev–Trinajstić information content (AvgIpc) is 3.42. The first-order chi connectivity index (χ1) is 13.3. The first-order valence-corrected chi connectivity index (χ1v) is 9.86. The molecule has 0 aromatic carbocycles. The van der Waals surface area contributed by atoms with Gasteiger partial charge in [0.2, 0.25) is 0 Å². The van der Waals surface area contributed by atoms with Gasteiger partial charge in [-0.3, -0.25) is 4.68 Å². The number of aromatic nitrogens is 3. The second-order valence-corrected chi connectivity index (χ2v) is 7.17. The van der Waals surface area contributed by atoms with E-state index in [0.717, 1.165) is 36.2 Å². The topological polar surface area (TPSA) is 85.4 Å². The van der Waals surface area contributed by atoms with Gasteiger partial charge in [0.1, 0.15) is 17.7 Å². The van der Waals surface area contributed by atoms with Gasteiger partial charge in [0.25, 0.3) is 0 Å². The number of ether oxygens (including phenoxy) is 1. The first-order valence-electron chi connectivity index (χ1n) is 9.86. The van der Waals surface area contributed by atoms with Gasteiger partial charge in [-0.2, -0.15) is 5.10 Å². The molecule has 2 amide bonds. The maximum Gasteiger partial charge on any atom is 0.317 e. The molecule has 2 aromatic heterocycles. The minimum absolute atomic E-state index is 0.0284. The lowest BCUT2D eigenvalue weighted by molar-refractivity contribution is 0.135. The molecule has 0 radical (unpaired) electrons. The lowest BCUT2D eigenvalue weighted by atomic mass is 10.0. The minimum Gasteiger partial charge on any atom is -0.451 e. The van der Waals surface area contributed by atoms with Crippen LogP contribution >= 0.6 is 0 Å². The van der Waals surface area contributed by atoms with Crippen LogP contribution in [-0.4, -0.2) is 51.5 Å². The Balaban J connectivity index is 1.54. The van der Waals surface area contributed by atoms with Crippen molar-refractivity contribution < 1.29 is 13.9 Å². The van der Waals surface area contributed by atoms with E-state index in [1.54, 1.807) is 6.26 Å². The number of fused-ring (bicyclic) bond motifs is 1. The molecule has 0 bridgehead atoms. The average molecular weight is 373 g/mol. The highest BCUT2D eigenvalue weighted by atomic mass is 16.5. The molecule has 3 heterocycles. The predicted molar refractivity (Wildman–Crippen MR) is 99.1 cm³/mol. The number of carbonyl (C=O) groups excluding carboxylic acids is 1. The van der Waals surface area contributed by atoms with E-state index in [2.05, 4.69) is 10.3 Å². The van der Waals surface area contributed by atoms with E-state index < -0.39 is 0 Å². The quantitative estimate of drug-likeness (QED) is 0.787. The SMILES string of the molecule is CCOCCn1nc(-c2cocn2)c2c1CCN(C(=O)NC1CCCC1)C2. The van der Waals surface area contributed by atoms with Gasteiger partial charge in [-0.05, 0) is 19.8 Å². The fourth-order valence-electron chi connectivity index (χ4n) is 4.02. The summed E-state index contributed by atoms with van der Waals surface area (Å²) in [4.78, 5) is 18.9. The number of oxazole rings is 1. The van der Waals surface area contributed by atoms with Crippen molar-refractivity contribution in [3.63, 3.8) is 0 Å². The molecule has 27 heavy (non-hydrogen) atoms. The fraction of sp³-hybridized carbons (Fsp3) is 0.632. The number of rotatable bonds is 6. The Kier molecular flexibility index (Phi) is 5.42. The van der Waals surface area contributed by atoms with Gasteiger partial charge in [0.05, 0.1) is 19.7 Å². The normalized spacial score (nSPS) is 17.3. The number of urea groups is 1. The molecule has 1 saturated carbocycles. The number of hydrogen-bond acceptors (Lipinski definition) is 5. The molecule has 8 nitrogen and oxygen atoms in total. The van der Waals surface area contributed by atoms with E-state index in [4.69, 9.17) is 14.3 Å². The van der Waals surface area contributed by atoms with Crippen molar-refractivity contribution in [2.45, 2.75) is 58.2 Å². The van der Waals surface area contributed by atoms with Crippen molar-refractivity contribution in [1.82, 2.24) is 25.0 Å². The van der Waals surface area contributed by atoms with Crippen LogP contribution in [-0.2, 0) is 24.2 Å². The highest BCUT2D eigenvalue weighted by Crippen LogP contribution is 2.29. The molecule has 2 aliphatic rings. The molecule has 0 saturated heterocycles. The Morgan fingerprint density at radius 3 is 3.00 bits per heavy atom. The number of nitrogens with one attached hydrogen (secondary N) is 1. The van der Waals surface area contributed by atoms with E-state index in [9.17, 15) is 4.79 Å². The highest BCUT2D eigenvalue weighted by molar-refractivity contribution is 5.75. The Labute approximate surface area is 158 Å². The lowest BCUT2D eigenvalue weighted by Gasteiger charge is -2.29. The van der Waals surface area contributed by atoms with Crippen molar-refractivity contribution in [1.29, 1.82) is 0 Å². The van der Waals surface area contributed by atoms with Crippen LogP contribution in [0, 0.1) is 0 Å². The number of carbonyl (C=O) groups is 1. The summed E-state index contributed by atoms with van der Waals surface area (Å²) in [7, 11) is 0. The van der Waals surface area contributed by atoms with Gasteiger partial charge in [-0.1, -0.05) is 12.8 Å². The van der Waals surface area contributed by atoms with Crippen molar-refractivity contribution in [3.05, 3.63) is 23.9 Å². The number of hydrogen-bond donors (Lipinski definition) is 1. The van der Waals surface area contributed by atoms with Gasteiger partial charge in [-0.15, -0.1) is 0 Å². The predicted octanol–water partition coefficient (Wildman–Crippen LogP) is 2.58. The molecule has 1 N–H and O–H groups in total. The third kappa shape index (κ3) is 3.85. The fourth-order valence-corrected chi connectivity index (χ4v) is 4.02. The summed E-state index contributed by atoms with van der Waals surface area (Å²) in [6, 6.07) is 0.351. The van der Waals surface area contributed by atoms with Gasteiger partial charge < -0.3 is 19.4 Å². The third-order valence-electron chi connectivity index (χ3n) is 5.43. The summed E-state index contributed by atoms with van der Waals surface area (Å²) < 4.78 is 12.6. The monoisotopic (exact) mass is 373 g/mol. The molecule has 4 rings (SSSR count). The van der Waals surface area contributed by atoms with Crippen LogP contribution in [0.4, 0.5) is 4.79 Å². The summed E-state index contributed by atoms with van der Waals surface area (Å²) in [6.45, 7) is 5.24. The Morgan fingerprint density at radius 2 is 2.26 bits per heavy atom. The number of amides is 2. The van der Waals surface area contributed by atoms with Crippen LogP contribution in [0.5, 0.6) is 0 Å². The largest absolute Gasteiger partial charge is 0.451 e. The van der Waals surface area contributed by atoms with E-state index in [1.165, 1.54) is 19.2 Å². The van der Waals surface area contributed by atoms with Gasteiger partial charge in [0, 0.05) is 36.9 Å². The van der Waals surface area contributed by atoms with E-state index >= 15 is 0 Å². The molecule has 2 aromatic rings. The summed E-state index contributed by atoms with van der Waals surface area (Å²) in [5, 5.41) is 7.95. The Morgan fingerprint density at radius 1 is 1.41 bits per heavy atom. The molecule has 0 spiro atoms.